The Balaban J connectivity index is 0.000000121. The third kappa shape index (κ3) is 2.41. The van der Waals surface area contributed by atoms with Crippen LogP contribution in [0.2, 0.25) is 0 Å². The molecule has 0 saturated carbocycles. The number of hydrogen-bond acceptors (Lipinski definition) is 4. The van der Waals surface area contributed by atoms with Crippen molar-refractivity contribution < 1.29 is 0 Å². The summed E-state index contributed by atoms with van der Waals surface area (Å²) in [7, 11) is 0. The van der Waals surface area contributed by atoms with Crippen molar-refractivity contribution >= 4 is 0 Å². The van der Waals surface area contributed by atoms with Crippen molar-refractivity contribution in [2.45, 2.75) is 63.7 Å². The summed E-state index contributed by atoms with van der Waals surface area (Å²) in [5.74, 6) is 0. The fourth-order valence-electron chi connectivity index (χ4n) is 4.00. The Morgan fingerprint density at radius 3 is 1.80 bits per heavy atom. The van der Waals surface area contributed by atoms with Crippen LogP contribution in [0.15, 0.2) is 0 Å². The van der Waals surface area contributed by atoms with Crippen LogP contribution in [0.5, 0.6) is 0 Å². The molecule has 0 atom stereocenters. The van der Waals surface area contributed by atoms with Crippen LogP contribution in [-0.2, 0) is 0 Å². The predicted octanol–water partition coefficient (Wildman–Crippen LogP) is 0.885. The van der Waals surface area contributed by atoms with Gasteiger partial charge in [0, 0.05) is 55.9 Å². The van der Waals surface area contributed by atoms with Crippen LogP contribution in [-0.4, -0.2) is 72.2 Å². The zero-order chi connectivity index (χ0) is 14.4. The molecule has 0 aromatic heterocycles. The third-order valence-corrected chi connectivity index (χ3v) is 5.80. The molecule has 0 aromatic carbocycles. The van der Waals surface area contributed by atoms with E-state index in [0.29, 0.717) is 11.1 Å². The summed E-state index contributed by atoms with van der Waals surface area (Å²) in [6.07, 6.45) is 2.81. The van der Waals surface area contributed by atoms with E-state index in [1.807, 2.05) is 0 Å². The van der Waals surface area contributed by atoms with Gasteiger partial charge in [0.15, 0.2) is 0 Å². The Hall–Kier alpha value is -0.160. The van der Waals surface area contributed by atoms with Crippen LogP contribution < -0.4 is 10.6 Å². The minimum absolute atomic E-state index is 0.574. The lowest BCUT2D eigenvalue weighted by molar-refractivity contribution is -0.0742. The van der Waals surface area contributed by atoms with Gasteiger partial charge in [-0.1, -0.05) is 0 Å². The highest BCUT2D eigenvalue weighted by Crippen LogP contribution is 2.35. The van der Waals surface area contributed by atoms with Crippen LogP contribution in [0.3, 0.4) is 0 Å². The lowest BCUT2D eigenvalue weighted by atomic mass is 9.78. The Kier molecular flexibility index (Phi) is 3.87. The van der Waals surface area contributed by atoms with Gasteiger partial charge in [-0.25, -0.2) is 0 Å². The molecule has 2 N–H and O–H groups in total. The molecule has 4 aliphatic heterocycles. The average Bonchev–Trinajstić information content (AvgIpc) is 2.07. The molecule has 0 unspecified atom stereocenters. The molecule has 0 aromatic rings. The average molecular weight is 280 g/mol. The number of nitrogens with one attached hydrogen (secondary N) is 2. The predicted molar refractivity (Wildman–Crippen MR) is 84.1 cm³/mol. The van der Waals surface area contributed by atoms with Crippen molar-refractivity contribution in [3.05, 3.63) is 0 Å². The maximum absolute atomic E-state index is 3.50. The molecule has 4 saturated heterocycles. The first-order valence-corrected chi connectivity index (χ1v) is 8.43. The SMILES string of the molecule is CC(C)N1CC2(CCN2)C1.CC(C)N1CCC12CNC2. The van der Waals surface area contributed by atoms with E-state index in [1.54, 1.807) is 0 Å². The van der Waals surface area contributed by atoms with E-state index in [2.05, 4.69) is 48.1 Å². The maximum Gasteiger partial charge on any atom is 0.0472 e. The van der Waals surface area contributed by atoms with Gasteiger partial charge in [-0.3, -0.25) is 9.80 Å². The molecular formula is C16H32N4. The normalized spacial score (nSPS) is 30.3. The van der Waals surface area contributed by atoms with Crippen molar-refractivity contribution in [1.82, 2.24) is 20.4 Å². The largest absolute Gasteiger partial charge is 0.313 e. The van der Waals surface area contributed by atoms with Gasteiger partial charge in [0.2, 0.25) is 0 Å². The summed E-state index contributed by atoms with van der Waals surface area (Å²) in [6.45, 7) is 16.7. The Morgan fingerprint density at radius 2 is 1.60 bits per heavy atom. The van der Waals surface area contributed by atoms with Crippen LogP contribution in [0.4, 0.5) is 0 Å². The molecule has 0 aliphatic carbocycles. The van der Waals surface area contributed by atoms with Gasteiger partial charge >= 0.3 is 0 Å². The van der Waals surface area contributed by atoms with Crippen LogP contribution >= 0.6 is 0 Å². The molecular weight excluding hydrogens is 248 g/mol. The van der Waals surface area contributed by atoms with Gasteiger partial charge in [0.05, 0.1) is 0 Å². The summed E-state index contributed by atoms with van der Waals surface area (Å²) in [5, 5.41) is 6.85. The summed E-state index contributed by atoms with van der Waals surface area (Å²) in [4.78, 5) is 5.13. The third-order valence-electron chi connectivity index (χ3n) is 5.80. The van der Waals surface area contributed by atoms with Crippen molar-refractivity contribution in [2.24, 2.45) is 0 Å². The van der Waals surface area contributed by atoms with Crippen molar-refractivity contribution in [2.75, 3.05) is 39.3 Å². The Bertz CT molecular complexity index is 331. The zero-order valence-corrected chi connectivity index (χ0v) is 13.7. The topological polar surface area (TPSA) is 30.5 Å². The first kappa shape index (κ1) is 14.8. The molecule has 4 nitrogen and oxygen atoms in total. The lowest BCUT2D eigenvalue weighted by Crippen LogP contribution is -2.77. The molecule has 4 rings (SSSR count). The standard InChI is InChI=1S/2C8H16N2/c1-7(2)10-4-3-8(10)5-9-6-8;1-7(2)10-5-8(6-10)3-4-9-8/h2*7,9H,3-6H2,1-2H3. The molecule has 20 heavy (non-hydrogen) atoms. The van der Waals surface area contributed by atoms with Crippen molar-refractivity contribution in [1.29, 1.82) is 0 Å². The monoisotopic (exact) mass is 280 g/mol. The zero-order valence-electron chi connectivity index (χ0n) is 13.7. The van der Waals surface area contributed by atoms with Crippen LogP contribution in [0.1, 0.15) is 40.5 Å². The number of nitrogens with zero attached hydrogens (tertiary/aromatic N) is 2. The van der Waals surface area contributed by atoms with Crippen molar-refractivity contribution in [3.8, 4) is 0 Å². The van der Waals surface area contributed by atoms with E-state index >= 15 is 0 Å². The molecule has 4 fully saturated rings. The van der Waals surface area contributed by atoms with Crippen LogP contribution in [0.25, 0.3) is 0 Å². The first-order valence-electron chi connectivity index (χ1n) is 8.43. The second-order valence-electron chi connectivity index (χ2n) is 7.82. The van der Waals surface area contributed by atoms with Gasteiger partial charge in [0.1, 0.15) is 0 Å². The minimum atomic E-state index is 0.574. The molecule has 116 valence electrons. The van der Waals surface area contributed by atoms with Crippen molar-refractivity contribution in [3.63, 3.8) is 0 Å². The van der Waals surface area contributed by atoms with E-state index in [0.717, 1.165) is 12.1 Å². The van der Waals surface area contributed by atoms with Gasteiger partial charge in [-0.15, -0.1) is 0 Å². The summed E-state index contributed by atoms with van der Waals surface area (Å²) in [5.41, 5.74) is 1.18. The Labute approximate surface area is 124 Å². The maximum atomic E-state index is 3.50. The quantitative estimate of drug-likeness (QED) is 0.786. The molecule has 0 radical (unpaired) electrons. The minimum Gasteiger partial charge on any atom is -0.313 e. The van der Waals surface area contributed by atoms with Gasteiger partial charge in [-0.2, -0.15) is 0 Å². The fourth-order valence-corrected chi connectivity index (χ4v) is 4.00. The molecule has 0 bridgehead atoms. The summed E-state index contributed by atoms with van der Waals surface area (Å²) < 4.78 is 0. The van der Waals surface area contributed by atoms with E-state index in [-0.39, 0.29) is 0 Å². The highest BCUT2D eigenvalue weighted by atomic mass is 15.3. The first-order chi connectivity index (χ1) is 9.46. The number of rotatable bonds is 2. The smallest absolute Gasteiger partial charge is 0.0472 e. The van der Waals surface area contributed by atoms with E-state index in [9.17, 15) is 0 Å². The lowest BCUT2D eigenvalue weighted by Gasteiger charge is -2.60. The van der Waals surface area contributed by atoms with Gasteiger partial charge in [0.25, 0.3) is 0 Å². The van der Waals surface area contributed by atoms with E-state index < -0.39 is 0 Å². The fraction of sp³-hybridized carbons (Fsp3) is 1.00. The number of hydrogen-bond donors (Lipinski definition) is 2. The second kappa shape index (κ2) is 5.24. The Morgan fingerprint density at radius 1 is 0.950 bits per heavy atom. The summed E-state index contributed by atoms with van der Waals surface area (Å²) >= 11 is 0. The van der Waals surface area contributed by atoms with Gasteiger partial charge < -0.3 is 10.6 Å². The molecule has 0 amide bonds. The highest BCUT2D eigenvalue weighted by molar-refractivity contribution is 5.10. The molecule has 4 heteroatoms. The van der Waals surface area contributed by atoms with E-state index in [4.69, 9.17) is 0 Å². The second-order valence-corrected chi connectivity index (χ2v) is 7.82. The molecule has 4 heterocycles. The number of likely N-dealkylation sites (tertiary alicyclic amines) is 2. The van der Waals surface area contributed by atoms with Gasteiger partial charge in [-0.05, 0) is 47.1 Å². The summed E-state index contributed by atoms with van der Waals surface area (Å²) in [6, 6.07) is 1.49. The van der Waals surface area contributed by atoms with E-state index in [1.165, 1.54) is 52.1 Å². The van der Waals surface area contributed by atoms with Crippen LogP contribution in [0, 0.1) is 0 Å². The highest BCUT2D eigenvalue weighted by Gasteiger charge is 2.50. The molecule has 4 aliphatic rings. The molecule has 2 spiro atoms.